The van der Waals surface area contributed by atoms with Crippen molar-refractivity contribution >= 4 is 5.78 Å². The Morgan fingerprint density at radius 1 is 1.41 bits per heavy atom. The summed E-state index contributed by atoms with van der Waals surface area (Å²) < 4.78 is 5.38. The van der Waals surface area contributed by atoms with E-state index in [0.717, 1.165) is 5.56 Å². The Morgan fingerprint density at radius 2 is 2.18 bits per heavy atom. The molecule has 2 unspecified atom stereocenters. The predicted molar refractivity (Wildman–Crippen MR) is 64.1 cm³/mol. The average Bonchev–Trinajstić information content (AvgIpc) is 2.82. The Labute approximate surface area is 101 Å². The van der Waals surface area contributed by atoms with Crippen LogP contribution in [-0.2, 0) is 0 Å². The molecule has 0 saturated heterocycles. The van der Waals surface area contributed by atoms with Crippen LogP contribution < -0.4 is 4.74 Å². The highest BCUT2D eigenvalue weighted by atomic mass is 16.5. The molecule has 3 nitrogen and oxygen atoms in total. The third-order valence-electron chi connectivity index (χ3n) is 4.02. The van der Waals surface area contributed by atoms with Gasteiger partial charge in [-0.2, -0.15) is 0 Å². The molecule has 0 aliphatic heterocycles. The average molecular weight is 231 g/mol. The molecular formula is C14H17NO2. The first-order valence-corrected chi connectivity index (χ1v) is 6.43. The number of fused-ring (bicyclic) bond motifs is 1. The summed E-state index contributed by atoms with van der Waals surface area (Å²) in [6.45, 7) is 2.54. The first-order chi connectivity index (χ1) is 8.31. The van der Waals surface area contributed by atoms with Crippen molar-refractivity contribution < 1.29 is 9.53 Å². The number of Topliss-reactive ketones (excluding diaryl/α,β-unsaturated/α-hetero) is 1. The second-order valence-electron chi connectivity index (χ2n) is 4.99. The number of carbonyl (C=O) groups excluding carboxylic acids is 1. The second kappa shape index (κ2) is 4.13. The van der Waals surface area contributed by atoms with Gasteiger partial charge in [0.1, 0.15) is 5.75 Å². The van der Waals surface area contributed by atoms with E-state index in [1.54, 1.807) is 12.4 Å². The van der Waals surface area contributed by atoms with E-state index in [1.165, 1.54) is 19.3 Å². The summed E-state index contributed by atoms with van der Waals surface area (Å²) in [7, 11) is 0. The van der Waals surface area contributed by atoms with Crippen molar-refractivity contribution in [2.24, 2.45) is 17.8 Å². The number of ketones is 1. The van der Waals surface area contributed by atoms with Gasteiger partial charge in [-0.25, -0.2) is 0 Å². The van der Waals surface area contributed by atoms with Crippen LogP contribution >= 0.6 is 0 Å². The minimum atomic E-state index is 0.272. The zero-order valence-electron chi connectivity index (χ0n) is 10.1. The summed E-state index contributed by atoms with van der Waals surface area (Å²) in [5, 5.41) is 0. The number of hydrogen-bond donors (Lipinski definition) is 0. The summed E-state index contributed by atoms with van der Waals surface area (Å²) in [6, 6.07) is 1.83. The van der Waals surface area contributed by atoms with Gasteiger partial charge in [0.25, 0.3) is 0 Å². The van der Waals surface area contributed by atoms with E-state index in [9.17, 15) is 4.79 Å². The third-order valence-corrected chi connectivity index (χ3v) is 4.02. The first-order valence-electron chi connectivity index (χ1n) is 6.43. The van der Waals surface area contributed by atoms with Gasteiger partial charge in [-0.05, 0) is 37.7 Å². The summed E-state index contributed by atoms with van der Waals surface area (Å²) >= 11 is 0. The van der Waals surface area contributed by atoms with Gasteiger partial charge < -0.3 is 4.74 Å². The van der Waals surface area contributed by atoms with Gasteiger partial charge in [-0.3, -0.25) is 9.78 Å². The fourth-order valence-corrected chi connectivity index (χ4v) is 3.20. The molecule has 1 aromatic heterocycles. The SMILES string of the molecule is CCOc1cncc(C(=O)C2C3CCCC32)c1. The number of pyridine rings is 1. The molecule has 17 heavy (non-hydrogen) atoms. The summed E-state index contributed by atoms with van der Waals surface area (Å²) in [5.74, 6) is 2.58. The quantitative estimate of drug-likeness (QED) is 0.748. The van der Waals surface area contributed by atoms with Crippen LogP contribution in [0.3, 0.4) is 0 Å². The zero-order valence-corrected chi connectivity index (χ0v) is 10.1. The Morgan fingerprint density at radius 3 is 2.88 bits per heavy atom. The van der Waals surface area contributed by atoms with E-state index < -0.39 is 0 Å². The second-order valence-corrected chi connectivity index (χ2v) is 4.99. The van der Waals surface area contributed by atoms with Crippen molar-refractivity contribution in [2.45, 2.75) is 26.2 Å². The van der Waals surface area contributed by atoms with Crippen LogP contribution in [0.25, 0.3) is 0 Å². The number of ether oxygens (including phenoxy) is 1. The molecule has 0 N–H and O–H groups in total. The van der Waals surface area contributed by atoms with Gasteiger partial charge >= 0.3 is 0 Å². The molecule has 2 aliphatic carbocycles. The topological polar surface area (TPSA) is 39.2 Å². The Hall–Kier alpha value is -1.38. The summed E-state index contributed by atoms with van der Waals surface area (Å²) in [4.78, 5) is 16.4. The van der Waals surface area contributed by atoms with E-state index in [-0.39, 0.29) is 11.7 Å². The van der Waals surface area contributed by atoms with Gasteiger partial charge in [0.2, 0.25) is 0 Å². The Balaban J connectivity index is 1.75. The molecule has 2 saturated carbocycles. The van der Waals surface area contributed by atoms with Gasteiger partial charge in [0, 0.05) is 17.7 Å². The lowest BCUT2D eigenvalue weighted by molar-refractivity contribution is 0.0950. The van der Waals surface area contributed by atoms with Gasteiger partial charge in [0.15, 0.2) is 5.78 Å². The third kappa shape index (κ3) is 1.84. The highest BCUT2D eigenvalue weighted by molar-refractivity contribution is 6.00. The van der Waals surface area contributed by atoms with Crippen molar-refractivity contribution in [3.8, 4) is 5.75 Å². The largest absolute Gasteiger partial charge is 0.492 e. The maximum absolute atomic E-state index is 12.3. The van der Waals surface area contributed by atoms with Gasteiger partial charge in [-0.15, -0.1) is 0 Å². The minimum Gasteiger partial charge on any atom is -0.492 e. The molecule has 1 heterocycles. The van der Waals surface area contributed by atoms with Crippen LogP contribution in [0.2, 0.25) is 0 Å². The summed E-state index contributed by atoms with van der Waals surface area (Å²) in [5.41, 5.74) is 0.718. The maximum atomic E-state index is 12.3. The number of rotatable bonds is 4. The van der Waals surface area contributed by atoms with Gasteiger partial charge in [-0.1, -0.05) is 6.42 Å². The molecule has 90 valence electrons. The smallest absolute Gasteiger partial charge is 0.168 e. The molecule has 2 atom stereocenters. The van der Waals surface area contributed by atoms with E-state index in [0.29, 0.717) is 24.2 Å². The molecule has 0 aromatic carbocycles. The number of aromatic nitrogens is 1. The van der Waals surface area contributed by atoms with Crippen molar-refractivity contribution in [1.29, 1.82) is 0 Å². The number of carbonyl (C=O) groups is 1. The van der Waals surface area contributed by atoms with Crippen LogP contribution in [0.15, 0.2) is 18.5 Å². The lowest BCUT2D eigenvalue weighted by atomic mass is 10.0. The van der Waals surface area contributed by atoms with Crippen LogP contribution in [0.4, 0.5) is 0 Å². The highest BCUT2D eigenvalue weighted by Crippen LogP contribution is 2.58. The molecule has 0 spiro atoms. The van der Waals surface area contributed by atoms with Crippen molar-refractivity contribution in [1.82, 2.24) is 4.98 Å². The lowest BCUT2D eigenvalue weighted by Crippen LogP contribution is -2.07. The first kappa shape index (κ1) is 10.8. The van der Waals surface area contributed by atoms with E-state index in [1.807, 2.05) is 13.0 Å². The molecule has 1 aromatic rings. The minimum absolute atomic E-state index is 0.272. The molecule has 3 rings (SSSR count). The van der Waals surface area contributed by atoms with Gasteiger partial charge in [0.05, 0.1) is 12.8 Å². The van der Waals surface area contributed by atoms with Crippen molar-refractivity contribution in [3.63, 3.8) is 0 Å². The number of nitrogens with zero attached hydrogens (tertiary/aromatic N) is 1. The molecule has 2 fully saturated rings. The van der Waals surface area contributed by atoms with E-state index in [4.69, 9.17) is 4.74 Å². The van der Waals surface area contributed by atoms with Crippen LogP contribution in [-0.4, -0.2) is 17.4 Å². The molecular weight excluding hydrogens is 214 g/mol. The van der Waals surface area contributed by atoms with Crippen molar-refractivity contribution in [2.75, 3.05) is 6.61 Å². The van der Waals surface area contributed by atoms with Crippen LogP contribution in [0, 0.1) is 17.8 Å². The fourth-order valence-electron chi connectivity index (χ4n) is 3.20. The van der Waals surface area contributed by atoms with E-state index >= 15 is 0 Å². The van der Waals surface area contributed by atoms with Crippen molar-refractivity contribution in [3.05, 3.63) is 24.0 Å². The molecule has 2 aliphatic rings. The van der Waals surface area contributed by atoms with Crippen LogP contribution in [0.5, 0.6) is 5.75 Å². The summed E-state index contributed by atoms with van der Waals surface area (Å²) in [6.07, 6.45) is 7.10. The Kier molecular flexibility index (Phi) is 2.61. The lowest BCUT2D eigenvalue weighted by Gasteiger charge is -2.05. The molecule has 0 bridgehead atoms. The zero-order chi connectivity index (χ0) is 11.8. The number of hydrogen-bond acceptors (Lipinski definition) is 3. The normalized spacial score (nSPS) is 29.8. The predicted octanol–water partition coefficient (Wildman–Crippen LogP) is 2.71. The molecule has 3 heteroatoms. The monoisotopic (exact) mass is 231 g/mol. The molecule has 0 radical (unpaired) electrons. The maximum Gasteiger partial charge on any atom is 0.168 e. The Bertz CT molecular complexity index is 434. The highest BCUT2D eigenvalue weighted by Gasteiger charge is 2.56. The fraction of sp³-hybridized carbons (Fsp3) is 0.571. The standard InChI is InChI=1S/C14H17NO2/c1-2-17-10-6-9(7-15-8-10)14(16)13-11-4-3-5-12(11)13/h6-8,11-13H,2-5H2,1H3. The molecule has 0 amide bonds. The van der Waals surface area contributed by atoms with Crippen LogP contribution in [0.1, 0.15) is 36.5 Å². The van der Waals surface area contributed by atoms with E-state index in [2.05, 4.69) is 4.98 Å².